The number of pyridine rings is 1. The summed E-state index contributed by atoms with van der Waals surface area (Å²) in [4.78, 5) is 26.9. The highest BCUT2D eigenvalue weighted by atomic mass is 79.9. The number of carbonyl (C=O) groups excluding carboxylic acids is 1. The fourth-order valence-electron chi connectivity index (χ4n) is 2.45. The van der Waals surface area contributed by atoms with Crippen LogP contribution in [0.15, 0.2) is 47.7 Å². The minimum atomic E-state index is -0.341. The molecule has 8 nitrogen and oxygen atoms in total. The minimum absolute atomic E-state index is 0.0622. The van der Waals surface area contributed by atoms with Gasteiger partial charge in [0.15, 0.2) is 5.82 Å². The molecule has 3 N–H and O–H groups in total. The number of hydrogen-bond donors (Lipinski definition) is 3. The maximum Gasteiger partial charge on any atom is 0.248 e. The van der Waals surface area contributed by atoms with Crippen LogP contribution < -0.4 is 20.9 Å². The van der Waals surface area contributed by atoms with Crippen LogP contribution in [0.5, 0.6) is 0 Å². The van der Waals surface area contributed by atoms with Gasteiger partial charge in [-0.25, -0.2) is 9.97 Å². The van der Waals surface area contributed by atoms with Crippen molar-refractivity contribution in [2.24, 2.45) is 0 Å². The van der Waals surface area contributed by atoms with Crippen molar-refractivity contribution in [2.75, 3.05) is 29.9 Å². The lowest BCUT2D eigenvalue weighted by Crippen LogP contribution is -2.56. The Morgan fingerprint density at radius 3 is 2.96 bits per heavy atom. The predicted molar refractivity (Wildman–Crippen MR) is 99.6 cm³/mol. The SMILES string of the molecule is C=CC(=O)Nc1nc(N(c2ccccn2)C2CNCCN2)ncc1Br. The average molecular weight is 404 g/mol. The van der Waals surface area contributed by atoms with E-state index < -0.39 is 0 Å². The van der Waals surface area contributed by atoms with E-state index in [1.165, 1.54) is 6.08 Å². The van der Waals surface area contributed by atoms with Crippen molar-refractivity contribution in [1.82, 2.24) is 25.6 Å². The number of nitrogens with one attached hydrogen (secondary N) is 3. The normalized spacial score (nSPS) is 16.9. The van der Waals surface area contributed by atoms with Gasteiger partial charge >= 0.3 is 0 Å². The number of aromatic nitrogens is 3. The van der Waals surface area contributed by atoms with Crippen LogP contribution in [0.2, 0.25) is 0 Å². The van der Waals surface area contributed by atoms with Crippen LogP contribution >= 0.6 is 15.9 Å². The molecule has 130 valence electrons. The smallest absolute Gasteiger partial charge is 0.248 e. The summed E-state index contributed by atoms with van der Waals surface area (Å²) in [5.41, 5.74) is 0. The molecular weight excluding hydrogens is 386 g/mol. The number of anilines is 3. The number of piperazine rings is 1. The van der Waals surface area contributed by atoms with Crippen LogP contribution in [0.3, 0.4) is 0 Å². The molecule has 0 bridgehead atoms. The molecule has 9 heteroatoms. The predicted octanol–water partition coefficient (Wildman–Crippen LogP) is 1.42. The molecule has 1 aliphatic rings. The van der Waals surface area contributed by atoms with E-state index >= 15 is 0 Å². The molecule has 0 spiro atoms. The molecule has 1 fully saturated rings. The lowest BCUT2D eigenvalue weighted by atomic mass is 10.3. The van der Waals surface area contributed by atoms with Crippen molar-refractivity contribution < 1.29 is 4.79 Å². The highest BCUT2D eigenvalue weighted by Gasteiger charge is 2.26. The second-order valence-electron chi connectivity index (χ2n) is 5.29. The van der Waals surface area contributed by atoms with Crippen molar-refractivity contribution in [1.29, 1.82) is 0 Å². The molecule has 25 heavy (non-hydrogen) atoms. The van der Waals surface area contributed by atoms with Gasteiger partial charge in [-0.05, 0) is 34.1 Å². The van der Waals surface area contributed by atoms with Crippen LogP contribution in [0.25, 0.3) is 0 Å². The van der Waals surface area contributed by atoms with Gasteiger partial charge in [0.2, 0.25) is 11.9 Å². The van der Waals surface area contributed by atoms with E-state index in [-0.39, 0.29) is 12.1 Å². The van der Waals surface area contributed by atoms with E-state index in [0.29, 0.717) is 28.6 Å². The van der Waals surface area contributed by atoms with Crippen molar-refractivity contribution in [3.05, 3.63) is 47.7 Å². The summed E-state index contributed by atoms with van der Waals surface area (Å²) in [5.74, 6) is 1.18. The molecule has 0 saturated carbocycles. The van der Waals surface area contributed by atoms with Gasteiger partial charge < -0.3 is 10.6 Å². The van der Waals surface area contributed by atoms with Gasteiger partial charge in [0.05, 0.1) is 4.47 Å². The van der Waals surface area contributed by atoms with Gasteiger partial charge in [-0.1, -0.05) is 12.6 Å². The average Bonchev–Trinajstić information content (AvgIpc) is 2.66. The van der Waals surface area contributed by atoms with Crippen LogP contribution in [0.4, 0.5) is 17.6 Å². The van der Waals surface area contributed by atoms with Gasteiger partial charge in [0.1, 0.15) is 12.0 Å². The lowest BCUT2D eigenvalue weighted by molar-refractivity contribution is -0.111. The number of hydrogen-bond acceptors (Lipinski definition) is 7. The van der Waals surface area contributed by atoms with Crippen LogP contribution in [0.1, 0.15) is 0 Å². The number of amides is 1. The Kier molecular flexibility index (Phi) is 5.69. The summed E-state index contributed by atoms with van der Waals surface area (Å²) in [5, 5.41) is 9.44. The van der Waals surface area contributed by atoms with Crippen molar-refractivity contribution in [2.45, 2.75) is 6.17 Å². The molecule has 0 radical (unpaired) electrons. The molecule has 0 aliphatic carbocycles. The Labute approximate surface area is 153 Å². The Bertz CT molecular complexity index is 749. The Balaban J connectivity index is 1.99. The number of rotatable bonds is 5. The fourth-order valence-corrected chi connectivity index (χ4v) is 2.74. The van der Waals surface area contributed by atoms with Gasteiger partial charge in [-0.3, -0.25) is 15.0 Å². The van der Waals surface area contributed by atoms with E-state index in [1.54, 1.807) is 12.4 Å². The first kappa shape index (κ1) is 17.5. The Morgan fingerprint density at radius 2 is 2.28 bits per heavy atom. The second-order valence-corrected chi connectivity index (χ2v) is 6.15. The topological polar surface area (TPSA) is 95.1 Å². The fraction of sp³-hybridized carbons (Fsp3) is 0.250. The van der Waals surface area contributed by atoms with E-state index in [1.807, 2.05) is 23.1 Å². The van der Waals surface area contributed by atoms with Crippen LogP contribution in [-0.4, -0.2) is 46.7 Å². The van der Waals surface area contributed by atoms with Gasteiger partial charge in [-0.2, -0.15) is 4.98 Å². The number of carbonyl (C=O) groups is 1. The minimum Gasteiger partial charge on any atom is -0.312 e. The van der Waals surface area contributed by atoms with E-state index in [4.69, 9.17) is 0 Å². The summed E-state index contributed by atoms with van der Waals surface area (Å²) in [7, 11) is 0. The van der Waals surface area contributed by atoms with Crippen molar-refractivity contribution in [3.8, 4) is 0 Å². The molecule has 2 aromatic heterocycles. The lowest BCUT2D eigenvalue weighted by Gasteiger charge is -2.34. The third-order valence-electron chi connectivity index (χ3n) is 3.60. The van der Waals surface area contributed by atoms with Crippen LogP contribution in [-0.2, 0) is 4.79 Å². The highest BCUT2D eigenvalue weighted by molar-refractivity contribution is 9.10. The third kappa shape index (κ3) is 4.19. The van der Waals surface area contributed by atoms with Crippen molar-refractivity contribution in [3.63, 3.8) is 0 Å². The molecule has 1 unspecified atom stereocenters. The molecule has 1 aliphatic heterocycles. The number of nitrogens with zero attached hydrogens (tertiary/aromatic N) is 4. The third-order valence-corrected chi connectivity index (χ3v) is 4.18. The quantitative estimate of drug-likeness (QED) is 0.649. The zero-order valence-corrected chi connectivity index (χ0v) is 15.0. The first-order chi connectivity index (χ1) is 12.2. The summed E-state index contributed by atoms with van der Waals surface area (Å²) in [6.45, 7) is 5.89. The molecule has 1 atom stereocenters. The molecule has 1 saturated heterocycles. The number of halogens is 1. The molecule has 3 rings (SSSR count). The Morgan fingerprint density at radius 1 is 1.40 bits per heavy atom. The molecular formula is C16H18BrN7O. The van der Waals surface area contributed by atoms with Gasteiger partial charge in [-0.15, -0.1) is 0 Å². The summed E-state index contributed by atoms with van der Waals surface area (Å²) in [6, 6.07) is 5.65. The Hall–Kier alpha value is -2.36. The second kappa shape index (κ2) is 8.15. The summed E-state index contributed by atoms with van der Waals surface area (Å²) < 4.78 is 0.585. The van der Waals surface area contributed by atoms with E-state index in [2.05, 4.69) is 53.4 Å². The van der Waals surface area contributed by atoms with Gasteiger partial charge in [0, 0.05) is 32.0 Å². The van der Waals surface area contributed by atoms with Crippen molar-refractivity contribution >= 4 is 39.4 Å². The summed E-state index contributed by atoms with van der Waals surface area (Å²) in [6.07, 6.45) is 4.45. The van der Waals surface area contributed by atoms with Gasteiger partial charge in [0.25, 0.3) is 0 Å². The maximum atomic E-state index is 11.6. The highest BCUT2D eigenvalue weighted by Crippen LogP contribution is 2.26. The summed E-state index contributed by atoms with van der Waals surface area (Å²) >= 11 is 3.35. The largest absolute Gasteiger partial charge is 0.312 e. The van der Waals surface area contributed by atoms with E-state index in [0.717, 1.165) is 13.1 Å². The molecule has 0 aromatic carbocycles. The molecule has 1 amide bonds. The first-order valence-electron chi connectivity index (χ1n) is 7.79. The van der Waals surface area contributed by atoms with E-state index in [9.17, 15) is 4.79 Å². The molecule has 2 aromatic rings. The first-order valence-corrected chi connectivity index (χ1v) is 8.58. The zero-order valence-electron chi connectivity index (χ0n) is 13.4. The standard InChI is InChI=1S/C16H18BrN7O/c1-2-14(25)22-15-11(17)9-21-16(23-15)24(12-5-3-4-6-19-12)13-10-18-7-8-20-13/h2-6,9,13,18,20H,1,7-8,10H2,(H,21,22,23,25). The molecule has 3 heterocycles. The van der Waals surface area contributed by atoms with Crippen LogP contribution in [0, 0.1) is 0 Å². The zero-order chi connectivity index (χ0) is 17.6. The maximum absolute atomic E-state index is 11.6. The monoisotopic (exact) mass is 403 g/mol.